The minimum Gasteiger partial charge on any atom is -0.305 e. The largest absolute Gasteiger partial charge is 0.305 e. The van der Waals surface area contributed by atoms with Gasteiger partial charge in [0.1, 0.15) is 0 Å². The Morgan fingerprint density at radius 3 is 2.65 bits per heavy atom. The van der Waals surface area contributed by atoms with Crippen LogP contribution in [-0.2, 0) is 6.54 Å². The third-order valence-corrected chi connectivity index (χ3v) is 6.29. The summed E-state index contributed by atoms with van der Waals surface area (Å²) in [4.78, 5) is 2.90. The summed E-state index contributed by atoms with van der Waals surface area (Å²) < 4.78 is 1.39. The summed E-state index contributed by atoms with van der Waals surface area (Å²) in [5, 5.41) is 7.23. The minimum atomic E-state index is 0.397. The van der Waals surface area contributed by atoms with Gasteiger partial charge in [-0.2, -0.15) is 0 Å². The van der Waals surface area contributed by atoms with Crippen molar-refractivity contribution < 1.29 is 0 Å². The second kappa shape index (κ2) is 5.68. The Morgan fingerprint density at radius 2 is 1.95 bits per heavy atom. The maximum Gasteiger partial charge on any atom is 0.0392 e. The van der Waals surface area contributed by atoms with Gasteiger partial charge in [0.25, 0.3) is 0 Å². The third kappa shape index (κ3) is 2.53. The lowest BCUT2D eigenvalue weighted by Gasteiger charge is -2.13. The highest BCUT2D eigenvalue weighted by Crippen LogP contribution is 2.34. The summed E-state index contributed by atoms with van der Waals surface area (Å²) >= 11 is 3.75. The van der Waals surface area contributed by atoms with Crippen molar-refractivity contribution in [2.24, 2.45) is 0 Å². The van der Waals surface area contributed by atoms with Crippen LogP contribution in [0.4, 0.5) is 0 Å². The molecule has 3 heteroatoms. The molecule has 0 saturated carbocycles. The predicted octanol–water partition coefficient (Wildman–Crippen LogP) is 5.43. The lowest BCUT2D eigenvalue weighted by molar-refractivity contribution is 0.584. The zero-order valence-electron chi connectivity index (χ0n) is 12.1. The minimum absolute atomic E-state index is 0.397. The summed E-state index contributed by atoms with van der Waals surface area (Å²) in [6.45, 7) is 7.64. The number of hydrogen-bond acceptors (Lipinski definition) is 3. The molecular formula is C17H19NS2. The molecule has 0 aliphatic carbocycles. The van der Waals surface area contributed by atoms with Crippen molar-refractivity contribution in [3.05, 3.63) is 56.6 Å². The SMILES string of the molecule is Cc1ccsc1CNC(C)c1sc2ccccc2c1C. The molecule has 0 amide bonds. The monoisotopic (exact) mass is 301 g/mol. The molecule has 0 aliphatic rings. The maximum atomic E-state index is 3.66. The molecule has 104 valence electrons. The number of nitrogens with one attached hydrogen (secondary N) is 1. The van der Waals surface area contributed by atoms with Crippen LogP contribution in [0.25, 0.3) is 10.1 Å². The van der Waals surface area contributed by atoms with Gasteiger partial charge in [0.05, 0.1) is 0 Å². The van der Waals surface area contributed by atoms with E-state index in [1.165, 1.54) is 31.0 Å². The van der Waals surface area contributed by atoms with E-state index in [0.717, 1.165) is 6.54 Å². The van der Waals surface area contributed by atoms with E-state index in [2.05, 4.69) is 61.8 Å². The zero-order valence-corrected chi connectivity index (χ0v) is 13.7. The van der Waals surface area contributed by atoms with Gasteiger partial charge < -0.3 is 5.32 Å². The normalized spacial score (nSPS) is 12.9. The molecule has 0 saturated heterocycles. The van der Waals surface area contributed by atoms with Crippen molar-refractivity contribution in [3.63, 3.8) is 0 Å². The average molecular weight is 301 g/mol. The first kappa shape index (κ1) is 13.8. The molecule has 0 aliphatic heterocycles. The molecule has 1 unspecified atom stereocenters. The van der Waals surface area contributed by atoms with Crippen molar-refractivity contribution in [1.82, 2.24) is 5.32 Å². The van der Waals surface area contributed by atoms with Gasteiger partial charge in [0.15, 0.2) is 0 Å². The van der Waals surface area contributed by atoms with Crippen molar-refractivity contribution in [2.45, 2.75) is 33.4 Å². The first-order chi connectivity index (χ1) is 9.66. The Balaban J connectivity index is 1.80. The Bertz CT molecular complexity index is 724. The summed E-state index contributed by atoms with van der Waals surface area (Å²) in [6, 6.07) is 11.3. The summed E-state index contributed by atoms with van der Waals surface area (Å²) in [5.74, 6) is 0. The van der Waals surface area contributed by atoms with Crippen LogP contribution in [0.3, 0.4) is 0 Å². The lowest BCUT2D eigenvalue weighted by atomic mass is 10.1. The second-order valence-electron chi connectivity index (χ2n) is 5.22. The Kier molecular flexibility index (Phi) is 3.92. The van der Waals surface area contributed by atoms with Gasteiger partial charge in [0.2, 0.25) is 0 Å². The van der Waals surface area contributed by atoms with Crippen molar-refractivity contribution in [3.8, 4) is 0 Å². The average Bonchev–Trinajstić information content (AvgIpc) is 3.01. The molecule has 0 bridgehead atoms. The Hall–Kier alpha value is -1.16. The van der Waals surface area contributed by atoms with Crippen LogP contribution in [0.2, 0.25) is 0 Å². The van der Waals surface area contributed by atoms with Gasteiger partial charge in [-0.15, -0.1) is 22.7 Å². The number of thiophene rings is 2. The number of aryl methyl sites for hydroxylation is 2. The smallest absolute Gasteiger partial charge is 0.0392 e. The highest BCUT2D eigenvalue weighted by molar-refractivity contribution is 7.19. The lowest BCUT2D eigenvalue weighted by Crippen LogP contribution is -2.17. The van der Waals surface area contributed by atoms with Crippen LogP contribution in [-0.4, -0.2) is 0 Å². The summed E-state index contributed by atoms with van der Waals surface area (Å²) in [7, 11) is 0. The number of rotatable bonds is 4. The molecule has 0 fully saturated rings. The fourth-order valence-electron chi connectivity index (χ4n) is 2.53. The van der Waals surface area contributed by atoms with E-state index in [9.17, 15) is 0 Å². The van der Waals surface area contributed by atoms with E-state index in [1.54, 1.807) is 0 Å². The predicted molar refractivity (Wildman–Crippen MR) is 90.9 cm³/mol. The van der Waals surface area contributed by atoms with E-state index in [0.29, 0.717) is 6.04 Å². The highest BCUT2D eigenvalue weighted by Gasteiger charge is 2.14. The molecular weight excluding hydrogens is 282 g/mol. The van der Waals surface area contributed by atoms with Gasteiger partial charge in [0, 0.05) is 27.0 Å². The summed E-state index contributed by atoms with van der Waals surface area (Å²) in [6.07, 6.45) is 0. The van der Waals surface area contributed by atoms with E-state index in [4.69, 9.17) is 0 Å². The first-order valence-electron chi connectivity index (χ1n) is 6.91. The zero-order chi connectivity index (χ0) is 14.1. The van der Waals surface area contributed by atoms with E-state index >= 15 is 0 Å². The van der Waals surface area contributed by atoms with Gasteiger partial charge in [-0.05, 0) is 54.8 Å². The molecule has 1 nitrogen and oxygen atoms in total. The van der Waals surface area contributed by atoms with E-state index in [-0.39, 0.29) is 0 Å². The molecule has 0 spiro atoms. The van der Waals surface area contributed by atoms with Crippen LogP contribution in [0.5, 0.6) is 0 Å². The van der Waals surface area contributed by atoms with E-state index in [1.807, 2.05) is 22.7 Å². The van der Waals surface area contributed by atoms with Crippen molar-refractivity contribution in [2.75, 3.05) is 0 Å². The number of fused-ring (bicyclic) bond motifs is 1. The van der Waals surface area contributed by atoms with E-state index < -0.39 is 0 Å². The standard InChI is InChI=1S/C17H19NS2/c1-11-8-9-19-16(11)10-18-13(3)17-12(2)14-6-4-5-7-15(14)20-17/h4-9,13,18H,10H2,1-3H3. The Morgan fingerprint density at radius 1 is 1.15 bits per heavy atom. The molecule has 2 aromatic heterocycles. The van der Waals surface area contributed by atoms with Crippen LogP contribution < -0.4 is 5.32 Å². The fraction of sp³-hybridized carbons (Fsp3) is 0.294. The second-order valence-corrected chi connectivity index (χ2v) is 7.30. The van der Waals surface area contributed by atoms with Crippen LogP contribution in [0.15, 0.2) is 35.7 Å². The molecule has 3 rings (SSSR count). The molecule has 2 heterocycles. The Labute approximate surface area is 128 Å². The molecule has 1 atom stereocenters. The quantitative estimate of drug-likeness (QED) is 0.677. The summed E-state index contributed by atoms with van der Waals surface area (Å²) in [5.41, 5.74) is 2.82. The highest BCUT2D eigenvalue weighted by atomic mass is 32.1. The number of hydrogen-bond donors (Lipinski definition) is 1. The topological polar surface area (TPSA) is 12.0 Å². The molecule has 1 aromatic carbocycles. The third-order valence-electron chi connectivity index (χ3n) is 3.81. The van der Waals surface area contributed by atoms with Gasteiger partial charge in [-0.25, -0.2) is 0 Å². The van der Waals surface area contributed by atoms with Gasteiger partial charge in [-0.3, -0.25) is 0 Å². The van der Waals surface area contributed by atoms with Crippen molar-refractivity contribution in [1.29, 1.82) is 0 Å². The molecule has 20 heavy (non-hydrogen) atoms. The maximum absolute atomic E-state index is 3.66. The fourth-order valence-corrected chi connectivity index (χ4v) is 4.62. The van der Waals surface area contributed by atoms with Crippen LogP contribution in [0.1, 0.15) is 33.8 Å². The molecule has 3 aromatic rings. The van der Waals surface area contributed by atoms with Gasteiger partial charge >= 0.3 is 0 Å². The van der Waals surface area contributed by atoms with Crippen molar-refractivity contribution >= 4 is 32.8 Å². The van der Waals surface area contributed by atoms with Crippen LogP contribution in [0, 0.1) is 13.8 Å². The van der Waals surface area contributed by atoms with Crippen LogP contribution >= 0.6 is 22.7 Å². The molecule has 0 radical (unpaired) electrons. The first-order valence-corrected chi connectivity index (χ1v) is 8.61. The molecule has 1 N–H and O–H groups in total. The number of benzene rings is 1. The van der Waals surface area contributed by atoms with Gasteiger partial charge in [-0.1, -0.05) is 18.2 Å².